The Morgan fingerprint density at radius 3 is 2.52 bits per heavy atom. The summed E-state index contributed by atoms with van der Waals surface area (Å²) in [6, 6.07) is 15.3. The SMILES string of the molecule is Cc1ccc(Oc2ccc3ncc(C#N)c(Cl)c3c2)cc1. The molecule has 0 fully saturated rings. The quantitative estimate of drug-likeness (QED) is 0.678. The zero-order valence-corrected chi connectivity index (χ0v) is 12.1. The molecule has 1 aromatic heterocycles. The minimum atomic E-state index is 0.358. The molecule has 2 aromatic carbocycles. The molecule has 3 rings (SSSR count). The van der Waals surface area contributed by atoms with Gasteiger partial charge < -0.3 is 4.74 Å². The van der Waals surface area contributed by atoms with Gasteiger partial charge in [-0.05, 0) is 37.3 Å². The van der Waals surface area contributed by atoms with Crippen LogP contribution in [0.1, 0.15) is 11.1 Å². The Balaban J connectivity index is 2.02. The first-order valence-corrected chi connectivity index (χ1v) is 6.78. The second-order valence-corrected chi connectivity index (χ2v) is 5.07. The van der Waals surface area contributed by atoms with Crippen molar-refractivity contribution in [2.75, 3.05) is 0 Å². The van der Waals surface area contributed by atoms with Gasteiger partial charge in [0.25, 0.3) is 0 Å². The van der Waals surface area contributed by atoms with Crippen LogP contribution in [-0.2, 0) is 0 Å². The van der Waals surface area contributed by atoms with Crippen molar-refractivity contribution in [3.63, 3.8) is 0 Å². The molecule has 21 heavy (non-hydrogen) atoms. The third-order valence-corrected chi connectivity index (χ3v) is 3.56. The van der Waals surface area contributed by atoms with Gasteiger partial charge in [0.15, 0.2) is 0 Å². The van der Waals surface area contributed by atoms with Crippen LogP contribution in [0.3, 0.4) is 0 Å². The number of rotatable bonds is 2. The van der Waals surface area contributed by atoms with Crippen molar-refractivity contribution in [1.82, 2.24) is 4.98 Å². The summed E-state index contributed by atoms with van der Waals surface area (Å²) in [5.74, 6) is 1.41. The molecule has 0 bridgehead atoms. The molecule has 0 aliphatic rings. The first kappa shape index (κ1) is 13.4. The second-order valence-electron chi connectivity index (χ2n) is 4.69. The summed E-state index contributed by atoms with van der Waals surface area (Å²) < 4.78 is 5.80. The number of ether oxygens (including phenoxy) is 1. The number of fused-ring (bicyclic) bond motifs is 1. The number of aromatic nitrogens is 1. The van der Waals surface area contributed by atoms with Gasteiger partial charge in [-0.2, -0.15) is 5.26 Å². The van der Waals surface area contributed by atoms with E-state index in [0.717, 1.165) is 11.3 Å². The van der Waals surface area contributed by atoms with E-state index in [1.807, 2.05) is 49.4 Å². The lowest BCUT2D eigenvalue weighted by Crippen LogP contribution is -1.88. The summed E-state index contributed by atoms with van der Waals surface area (Å²) >= 11 is 6.22. The fraction of sp³-hybridized carbons (Fsp3) is 0.0588. The lowest BCUT2D eigenvalue weighted by atomic mass is 10.1. The van der Waals surface area contributed by atoms with Crippen LogP contribution in [0.25, 0.3) is 10.9 Å². The van der Waals surface area contributed by atoms with Gasteiger partial charge in [-0.1, -0.05) is 29.3 Å². The number of pyridine rings is 1. The molecule has 4 heteroatoms. The van der Waals surface area contributed by atoms with E-state index >= 15 is 0 Å². The van der Waals surface area contributed by atoms with Gasteiger partial charge in [0.05, 0.1) is 16.1 Å². The maximum Gasteiger partial charge on any atom is 0.128 e. The summed E-state index contributed by atoms with van der Waals surface area (Å²) in [5, 5.41) is 10.1. The molecule has 0 aliphatic carbocycles. The van der Waals surface area contributed by atoms with E-state index in [1.54, 1.807) is 6.07 Å². The van der Waals surface area contributed by atoms with Crippen LogP contribution in [0.15, 0.2) is 48.7 Å². The summed E-state index contributed by atoms with van der Waals surface area (Å²) in [5.41, 5.74) is 2.26. The van der Waals surface area contributed by atoms with Gasteiger partial charge in [0.1, 0.15) is 17.6 Å². The normalized spacial score (nSPS) is 10.3. The highest BCUT2D eigenvalue weighted by atomic mass is 35.5. The lowest BCUT2D eigenvalue weighted by molar-refractivity contribution is 0.483. The van der Waals surface area contributed by atoms with E-state index < -0.39 is 0 Å². The molecule has 3 nitrogen and oxygen atoms in total. The Morgan fingerprint density at radius 1 is 1.10 bits per heavy atom. The van der Waals surface area contributed by atoms with Crippen molar-refractivity contribution in [1.29, 1.82) is 5.26 Å². The number of nitrogens with zero attached hydrogens (tertiary/aromatic N) is 2. The van der Waals surface area contributed by atoms with E-state index in [4.69, 9.17) is 21.6 Å². The molecule has 0 saturated carbocycles. The molecule has 0 N–H and O–H groups in total. The maximum absolute atomic E-state index is 9.00. The van der Waals surface area contributed by atoms with Crippen LogP contribution in [0.5, 0.6) is 11.5 Å². The fourth-order valence-electron chi connectivity index (χ4n) is 2.02. The zero-order chi connectivity index (χ0) is 14.8. The average molecular weight is 295 g/mol. The predicted molar refractivity (Wildman–Crippen MR) is 82.7 cm³/mol. The molecule has 0 spiro atoms. The largest absolute Gasteiger partial charge is 0.457 e. The van der Waals surface area contributed by atoms with Gasteiger partial charge >= 0.3 is 0 Å². The molecule has 0 amide bonds. The minimum absolute atomic E-state index is 0.358. The molecular formula is C17H11ClN2O. The van der Waals surface area contributed by atoms with E-state index in [-0.39, 0.29) is 0 Å². The van der Waals surface area contributed by atoms with Crippen LogP contribution in [0, 0.1) is 18.3 Å². The molecular weight excluding hydrogens is 284 g/mol. The first-order chi connectivity index (χ1) is 10.2. The average Bonchev–Trinajstić information content (AvgIpc) is 2.50. The molecule has 3 aromatic rings. The zero-order valence-electron chi connectivity index (χ0n) is 11.3. The number of hydrogen-bond donors (Lipinski definition) is 0. The number of aryl methyl sites for hydroxylation is 1. The van der Waals surface area contributed by atoms with Gasteiger partial charge in [-0.25, -0.2) is 0 Å². The van der Waals surface area contributed by atoms with Gasteiger partial charge in [-0.15, -0.1) is 0 Å². The number of halogens is 1. The van der Waals surface area contributed by atoms with E-state index in [9.17, 15) is 0 Å². The Hall–Kier alpha value is -2.57. The summed E-state index contributed by atoms with van der Waals surface area (Å²) in [4.78, 5) is 4.21. The van der Waals surface area contributed by atoms with E-state index in [1.165, 1.54) is 11.8 Å². The fourth-order valence-corrected chi connectivity index (χ4v) is 2.27. The highest BCUT2D eigenvalue weighted by Crippen LogP contribution is 2.30. The van der Waals surface area contributed by atoms with Crippen LogP contribution >= 0.6 is 11.6 Å². The van der Waals surface area contributed by atoms with Crippen molar-refractivity contribution >= 4 is 22.5 Å². The Bertz CT molecular complexity index is 851. The molecule has 1 heterocycles. The standard InChI is InChI=1S/C17H11ClN2O/c1-11-2-4-13(5-3-11)21-14-6-7-16-15(8-14)17(18)12(9-19)10-20-16/h2-8,10H,1H3. The smallest absolute Gasteiger partial charge is 0.128 e. The topological polar surface area (TPSA) is 45.9 Å². The maximum atomic E-state index is 9.00. The molecule has 0 aliphatic heterocycles. The molecule has 0 unspecified atom stereocenters. The van der Waals surface area contributed by atoms with Gasteiger partial charge in [-0.3, -0.25) is 4.98 Å². The van der Waals surface area contributed by atoms with Crippen molar-refractivity contribution in [2.45, 2.75) is 6.92 Å². The van der Waals surface area contributed by atoms with Crippen molar-refractivity contribution in [3.05, 3.63) is 64.8 Å². The summed E-state index contributed by atoms with van der Waals surface area (Å²) in [7, 11) is 0. The van der Waals surface area contributed by atoms with Crippen molar-refractivity contribution < 1.29 is 4.74 Å². The van der Waals surface area contributed by atoms with Gasteiger partial charge in [0.2, 0.25) is 0 Å². The van der Waals surface area contributed by atoms with E-state index in [0.29, 0.717) is 21.7 Å². The minimum Gasteiger partial charge on any atom is -0.457 e. The van der Waals surface area contributed by atoms with Gasteiger partial charge in [0, 0.05) is 11.6 Å². The van der Waals surface area contributed by atoms with Crippen LogP contribution in [-0.4, -0.2) is 4.98 Å². The highest BCUT2D eigenvalue weighted by molar-refractivity contribution is 6.36. The summed E-state index contributed by atoms with van der Waals surface area (Å²) in [6.07, 6.45) is 1.48. The van der Waals surface area contributed by atoms with Crippen molar-refractivity contribution in [2.24, 2.45) is 0 Å². The number of benzene rings is 2. The van der Waals surface area contributed by atoms with E-state index in [2.05, 4.69) is 4.98 Å². The van der Waals surface area contributed by atoms with Crippen LogP contribution in [0.2, 0.25) is 5.02 Å². The Morgan fingerprint density at radius 2 is 1.81 bits per heavy atom. The predicted octanol–water partition coefficient (Wildman–Crippen LogP) is 4.86. The van der Waals surface area contributed by atoms with Crippen LogP contribution in [0.4, 0.5) is 0 Å². The lowest BCUT2D eigenvalue weighted by Gasteiger charge is -2.08. The molecule has 0 radical (unpaired) electrons. The number of hydrogen-bond acceptors (Lipinski definition) is 3. The summed E-state index contributed by atoms with van der Waals surface area (Å²) in [6.45, 7) is 2.02. The second kappa shape index (κ2) is 5.43. The first-order valence-electron chi connectivity index (χ1n) is 6.40. The Kier molecular flexibility index (Phi) is 3.47. The molecule has 102 valence electrons. The third kappa shape index (κ3) is 2.67. The Labute approximate surface area is 127 Å². The third-order valence-electron chi connectivity index (χ3n) is 3.15. The highest BCUT2D eigenvalue weighted by Gasteiger charge is 2.08. The van der Waals surface area contributed by atoms with Crippen LogP contribution < -0.4 is 4.74 Å². The monoisotopic (exact) mass is 294 g/mol. The van der Waals surface area contributed by atoms with Crippen molar-refractivity contribution in [3.8, 4) is 17.6 Å². The number of nitriles is 1. The molecule has 0 atom stereocenters. The molecule has 0 saturated heterocycles.